The summed E-state index contributed by atoms with van der Waals surface area (Å²) in [4.78, 5) is 4.76. The fraction of sp³-hybridized carbons (Fsp3) is 0.600. The van der Waals surface area contributed by atoms with Crippen molar-refractivity contribution in [1.29, 1.82) is 0 Å². The Morgan fingerprint density at radius 1 is 1.29 bits per heavy atom. The molecule has 3 nitrogen and oxygen atoms in total. The van der Waals surface area contributed by atoms with Crippen LogP contribution in [0.4, 0.5) is 0 Å². The Labute approximate surface area is 90.1 Å². The van der Waals surface area contributed by atoms with E-state index in [-0.39, 0.29) is 0 Å². The van der Waals surface area contributed by atoms with Gasteiger partial charge in [-0.15, -0.1) is 12.6 Å². The molecule has 1 aliphatic rings. The van der Waals surface area contributed by atoms with Crippen molar-refractivity contribution in [1.82, 2.24) is 9.80 Å². The van der Waals surface area contributed by atoms with Crippen LogP contribution in [0.1, 0.15) is 5.76 Å². The maximum absolute atomic E-state index is 5.42. The maximum Gasteiger partial charge on any atom is 0.157 e. The molecule has 1 saturated heterocycles. The van der Waals surface area contributed by atoms with E-state index in [1.165, 1.54) is 0 Å². The van der Waals surface area contributed by atoms with Crippen molar-refractivity contribution in [2.75, 3.05) is 33.2 Å². The lowest BCUT2D eigenvalue weighted by Crippen LogP contribution is -2.43. The van der Waals surface area contributed by atoms with Gasteiger partial charge in [0.15, 0.2) is 5.09 Å². The summed E-state index contributed by atoms with van der Waals surface area (Å²) in [6, 6.07) is 3.90. The summed E-state index contributed by atoms with van der Waals surface area (Å²) in [5, 5.41) is 0.703. The monoisotopic (exact) mass is 212 g/mol. The smallest absolute Gasteiger partial charge is 0.157 e. The van der Waals surface area contributed by atoms with E-state index in [4.69, 9.17) is 4.42 Å². The molecular formula is C10H16N2OS. The summed E-state index contributed by atoms with van der Waals surface area (Å²) in [5.74, 6) is 1.01. The average molecular weight is 212 g/mol. The SMILES string of the molecule is CN1CCN(Cc2ccc(S)o2)CC1. The molecule has 0 bridgehead atoms. The highest BCUT2D eigenvalue weighted by Gasteiger charge is 2.14. The molecule has 1 aliphatic heterocycles. The van der Waals surface area contributed by atoms with Gasteiger partial charge in [-0.05, 0) is 19.2 Å². The van der Waals surface area contributed by atoms with Crippen molar-refractivity contribution >= 4 is 12.6 Å². The molecule has 0 radical (unpaired) electrons. The number of rotatable bonds is 2. The van der Waals surface area contributed by atoms with Crippen molar-refractivity contribution in [3.63, 3.8) is 0 Å². The van der Waals surface area contributed by atoms with E-state index in [1.807, 2.05) is 12.1 Å². The molecule has 14 heavy (non-hydrogen) atoms. The fourth-order valence-electron chi connectivity index (χ4n) is 1.68. The number of likely N-dealkylation sites (N-methyl/N-ethyl adjacent to an activating group) is 1. The molecule has 4 heteroatoms. The highest BCUT2D eigenvalue weighted by molar-refractivity contribution is 7.80. The van der Waals surface area contributed by atoms with E-state index in [0.29, 0.717) is 5.09 Å². The predicted molar refractivity (Wildman–Crippen MR) is 58.7 cm³/mol. The first-order chi connectivity index (χ1) is 6.74. The third-order valence-electron chi connectivity index (χ3n) is 2.62. The molecule has 0 aliphatic carbocycles. The van der Waals surface area contributed by atoms with Crippen LogP contribution in [0.3, 0.4) is 0 Å². The Balaban J connectivity index is 1.86. The van der Waals surface area contributed by atoms with Crippen molar-refractivity contribution in [2.45, 2.75) is 11.6 Å². The summed E-state index contributed by atoms with van der Waals surface area (Å²) in [6.45, 7) is 5.45. The van der Waals surface area contributed by atoms with Gasteiger partial charge in [0.2, 0.25) is 0 Å². The minimum atomic E-state index is 0.703. The summed E-state index contributed by atoms with van der Waals surface area (Å²) < 4.78 is 5.42. The highest BCUT2D eigenvalue weighted by atomic mass is 32.1. The van der Waals surface area contributed by atoms with E-state index in [2.05, 4.69) is 29.5 Å². The minimum absolute atomic E-state index is 0.703. The fourth-order valence-corrected chi connectivity index (χ4v) is 1.87. The second kappa shape index (κ2) is 4.38. The molecular weight excluding hydrogens is 196 g/mol. The Morgan fingerprint density at radius 3 is 2.57 bits per heavy atom. The predicted octanol–water partition coefficient (Wildman–Crippen LogP) is 1.32. The first-order valence-electron chi connectivity index (χ1n) is 4.92. The Hall–Kier alpha value is -0.450. The van der Waals surface area contributed by atoms with Crippen LogP contribution in [0, 0.1) is 0 Å². The first-order valence-corrected chi connectivity index (χ1v) is 5.37. The number of piperazine rings is 1. The van der Waals surface area contributed by atoms with Gasteiger partial charge >= 0.3 is 0 Å². The standard InChI is InChI=1S/C10H16N2OS/c1-11-4-6-12(7-5-11)8-9-2-3-10(14)13-9/h2-3,14H,4-8H2,1H3. The van der Waals surface area contributed by atoms with Gasteiger partial charge in [-0.25, -0.2) is 0 Å². The molecule has 2 rings (SSSR count). The Morgan fingerprint density at radius 2 is 2.00 bits per heavy atom. The van der Waals surface area contributed by atoms with Gasteiger partial charge in [0.25, 0.3) is 0 Å². The van der Waals surface area contributed by atoms with Crippen LogP contribution < -0.4 is 0 Å². The van der Waals surface area contributed by atoms with E-state index < -0.39 is 0 Å². The number of hydrogen-bond donors (Lipinski definition) is 1. The van der Waals surface area contributed by atoms with Crippen LogP contribution in [-0.4, -0.2) is 43.0 Å². The van der Waals surface area contributed by atoms with E-state index >= 15 is 0 Å². The van der Waals surface area contributed by atoms with E-state index in [0.717, 1.165) is 38.5 Å². The van der Waals surface area contributed by atoms with Crippen molar-refractivity contribution in [3.05, 3.63) is 17.9 Å². The summed E-state index contributed by atoms with van der Waals surface area (Å²) in [7, 11) is 2.16. The van der Waals surface area contributed by atoms with Crippen LogP contribution in [0.15, 0.2) is 21.6 Å². The van der Waals surface area contributed by atoms with Crippen LogP contribution in [-0.2, 0) is 6.54 Å². The number of hydrogen-bond acceptors (Lipinski definition) is 4. The van der Waals surface area contributed by atoms with Crippen molar-refractivity contribution < 1.29 is 4.42 Å². The average Bonchev–Trinajstić information content (AvgIpc) is 2.56. The first kappa shape index (κ1) is 10.1. The zero-order valence-electron chi connectivity index (χ0n) is 8.44. The van der Waals surface area contributed by atoms with Gasteiger partial charge in [-0.1, -0.05) is 0 Å². The quantitative estimate of drug-likeness (QED) is 0.746. The summed E-state index contributed by atoms with van der Waals surface area (Å²) >= 11 is 4.14. The van der Waals surface area contributed by atoms with Gasteiger partial charge < -0.3 is 9.32 Å². The molecule has 0 atom stereocenters. The second-order valence-electron chi connectivity index (χ2n) is 3.82. The number of furan rings is 1. The lowest BCUT2D eigenvalue weighted by Gasteiger charge is -2.31. The number of nitrogens with zero attached hydrogens (tertiary/aromatic N) is 2. The van der Waals surface area contributed by atoms with Crippen molar-refractivity contribution in [2.24, 2.45) is 0 Å². The van der Waals surface area contributed by atoms with Gasteiger partial charge in [0.1, 0.15) is 5.76 Å². The van der Waals surface area contributed by atoms with E-state index in [9.17, 15) is 0 Å². The third kappa shape index (κ3) is 2.53. The van der Waals surface area contributed by atoms with Gasteiger partial charge in [0, 0.05) is 26.2 Å². The van der Waals surface area contributed by atoms with Crippen LogP contribution in [0.2, 0.25) is 0 Å². The molecule has 1 aromatic rings. The topological polar surface area (TPSA) is 19.6 Å². The molecule has 1 aromatic heterocycles. The molecule has 0 aromatic carbocycles. The zero-order chi connectivity index (χ0) is 9.97. The van der Waals surface area contributed by atoms with Gasteiger partial charge in [-0.3, -0.25) is 4.90 Å². The minimum Gasteiger partial charge on any atom is -0.454 e. The molecule has 0 unspecified atom stereocenters. The number of thiol groups is 1. The molecule has 0 spiro atoms. The molecule has 0 amide bonds. The summed E-state index contributed by atoms with van der Waals surface area (Å²) in [5.41, 5.74) is 0. The van der Waals surface area contributed by atoms with Crippen LogP contribution in [0.25, 0.3) is 0 Å². The van der Waals surface area contributed by atoms with Crippen LogP contribution >= 0.6 is 12.6 Å². The highest BCUT2D eigenvalue weighted by Crippen LogP contribution is 2.14. The molecule has 0 N–H and O–H groups in total. The third-order valence-corrected chi connectivity index (χ3v) is 2.86. The molecule has 0 saturated carbocycles. The Kier molecular flexibility index (Phi) is 3.15. The van der Waals surface area contributed by atoms with Crippen molar-refractivity contribution in [3.8, 4) is 0 Å². The molecule has 2 heterocycles. The lowest BCUT2D eigenvalue weighted by molar-refractivity contribution is 0.138. The van der Waals surface area contributed by atoms with E-state index in [1.54, 1.807) is 0 Å². The largest absolute Gasteiger partial charge is 0.454 e. The second-order valence-corrected chi connectivity index (χ2v) is 4.26. The lowest BCUT2D eigenvalue weighted by atomic mass is 10.3. The van der Waals surface area contributed by atoms with Gasteiger partial charge in [0.05, 0.1) is 6.54 Å². The normalized spacial score (nSPS) is 20.1. The zero-order valence-corrected chi connectivity index (χ0v) is 9.33. The maximum atomic E-state index is 5.42. The van der Waals surface area contributed by atoms with Crippen LogP contribution in [0.5, 0.6) is 0 Å². The summed E-state index contributed by atoms with van der Waals surface area (Å²) in [6.07, 6.45) is 0. The Bertz CT molecular complexity index is 292. The molecule has 78 valence electrons. The molecule has 1 fully saturated rings. The van der Waals surface area contributed by atoms with Gasteiger partial charge in [-0.2, -0.15) is 0 Å².